The van der Waals surface area contributed by atoms with Gasteiger partial charge >= 0.3 is 0 Å². The van der Waals surface area contributed by atoms with Crippen molar-refractivity contribution < 1.29 is 4.74 Å². The Balaban J connectivity index is 1.90. The molecule has 0 aromatic carbocycles. The molecule has 2 fully saturated rings. The highest BCUT2D eigenvalue weighted by Crippen LogP contribution is 2.48. The molecule has 0 saturated heterocycles. The number of hydrogen-bond donors (Lipinski definition) is 1. The zero-order valence-electron chi connectivity index (χ0n) is 11.6. The minimum absolute atomic E-state index is 0.284. The van der Waals surface area contributed by atoms with Crippen molar-refractivity contribution in [3.63, 3.8) is 0 Å². The van der Waals surface area contributed by atoms with E-state index < -0.39 is 0 Å². The molecule has 0 aromatic rings. The largest absolute Gasteiger partial charge is 0.374 e. The Morgan fingerprint density at radius 1 is 1.06 bits per heavy atom. The van der Waals surface area contributed by atoms with Crippen molar-refractivity contribution in [3.8, 4) is 0 Å². The summed E-state index contributed by atoms with van der Waals surface area (Å²) in [4.78, 5) is 0. The third-order valence-electron chi connectivity index (χ3n) is 5.32. The van der Waals surface area contributed by atoms with E-state index in [1.54, 1.807) is 0 Å². The first-order valence-electron chi connectivity index (χ1n) is 7.64. The van der Waals surface area contributed by atoms with E-state index in [9.17, 15) is 0 Å². The van der Waals surface area contributed by atoms with Crippen LogP contribution < -0.4 is 5.73 Å². The van der Waals surface area contributed by atoms with Gasteiger partial charge in [-0.3, -0.25) is 0 Å². The quantitative estimate of drug-likeness (QED) is 0.760. The van der Waals surface area contributed by atoms with E-state index in [0.29, 0.717) is 18.2 Å². The monoisotopic (exact) mass is 239 g/mol. The summed E-state index contributed by atoms with van der Waals surface area (Å²) in [5.74, 6) is 0. The smallest absolute Gasteiger partial charge is 0.0664 e. The standard InChI is InChI=1S/C15H29NO/c1-3-15(4-2)13(16)11-14(15)17-12-9-7-5-6-8-10-12/h12-14H,3-11,16H2,1-2H3. The Morgan fingerprint density at radius 3 is 2.12 bits per heavy atom. The van der Waals surface area contributed by atoms with E-state index in [4.69, 9.17) is 10.5 Å². The van der Waals surface area contributed by atoms with E-state index in [0.717, 1.165) is 6.42 Å². The maximum atomic E-state index is 6.40. The lowest BCUT2D eigenvalue weighted by atomic mass is 9.59. The van der Waals surface area contributed by atoms with E-state index in [1.807, 2.05) is 0 Å². The van der Waals surface area contributed by atoms with Gasteiger partial charge < -0.3 is 10.5 Å². The van der Waals surface area contributed by atoms with E-state index >= 15 is 0 Å². The third-order valence-corrected chi connectivity index (χ3v) is 5.32. The molecule has 2 atom stereocenters. The van der Waals surface area contributed by atoms with E-state index in [2.05, 4.69) is 13.8 Å². The van der Waals surface area contributed by atoms with Crippen molar-refractivity contribution in [2.75, 3.05) is 0 Å². The Kier molecular flexibility index (Phi) is 4.48. The molecule has 17 heavy (non-hydrogen) atoms. The summed E-state index contributed by atoms with van der Waals surface area (Å²) in [6.07, 6.45) is 12.4. The highest BCUT2D eigenvalue weighted by atomic mass is 16.5. The molecular weight excluding hydrogens is 210 g/mol. The molecule has 2 aliphatic carbocycles. The summed E-state index contributed by atoms with van der Waals surface area (Å²) in [5, 5.41) is 0. The van der Waals surface area contributed by atoms with Gasteiger partial charge in [-0.2, -0.15) is 0 Å². The van der Waals surface area contributed by atoms with Crippen molar-refractivity contribution in [3.05, 3.63) is 0 Å². The summed E-state index contributed by atoms with van der Waals surface area (Å²) in [6.45, 7) is 4.54. The average molecular weight is 239 g/mol. The summed E-state index contributed by atoms with van der Waals surface area (Å²) in [7, 11) is 0. The van der Waals surface area contributed by atoms with Crippen LogP contribution in [0, 0.1) is 5.41 Å². The molecular formula is C15H29NO. The Bertz CT molecular complexity index is 229. The third kappa shape index (κ3) is 2.53. The molecule has 0 spiro atoms. The minimum atomic E-state index is 0.284. The maximum Gasteiger partial charge on any atom is 0.0664 e. The zero-order valence-corrected chi connectivity index (χ0v) is 11.6. The van der Waals surface area contributed by atoms with E-state index in [1.165, 1.54) is 51.4 Å². The van der Waals surface area contributed by atoms with Gasteiger partial charge in [-0.1, -0.05) is 39.5 Å². The topological polar surface area (TPSA) is 35.2 Å². The lowest BCUT2D eigenvalue weighted by Crippen LogP contribution is -2.62. The molecule has 0 bridgehead atoms. The van der Waals surface area contributed by atoms with Crippen molar-refractivity contribution in [2.45, 2.75) is 89.9 Å². The zero-order chi connectivity index (χ0) is 12.3. The highest BCUT2D eigenvalue weighted by molar-refractivity contribution is 5.05. The lowest BCUT2D eigenvalue weighted by Gasteiger charge is -2.54. The molecule has 100 valence electrons. The van der Waals surface area contributed by atoms with Crippen LogP contribution in [0.2, 0.25) is 0 Å². The van der Waals surface area contributed by atoms with Crippen molar-refractivity contribution in [1.29, 1.82) is 0 Å². The fourth-order valence-electron chi connectivity index (χ4n) is 3.81. The van der Waals surface area contributed by atoms with Crippen molar-refractivity contribution in [2.24, 2.45) is 11.1 Å². The fourth-order valence-corrected chi connectivity index (χ4v) is 3.81. The molecule has 2 unspecified atom stereocenters. The summed E-state index contributed by atoms with van der Waals surface area (Å²) < 4.78 is 6.40. The highest BCUT2D eigenvalue weighted by Gasteiger charge is 2.52. The van der Waals surface area contributed by atoms with Gasteiger partial charge in [0.2, 0.25) is 0 Å². The lowest BCUT2D eigenvalue weighted by molar-refractivity contribution is -0.161. The van der Waals surface area contributed by atoms with Gasteiger partial charge in [0.25, 0.3) is 0 Å². The predicted octanol–water partition coefficient (Wildman–Crippen LogP) is 3.63. The molecule has 2 aliphatic rings. The second-order valence-corrected chi connectivity index (χ2v) is 6.02. The SMILES string of the molecule is CCC1(CC)C(N)CC1OC1CCCCCC1. The summed E-state index contributed by atoms with van der Waals surface area (Å²) >= 11 is 0. The molecule has 2 rings (SSSR count). The van der Waals surface area contributed by atoms with Crippen LogP contribution in [0.4, 0.5) is 0 Å². The summed E-state index contributed by atoms with van der Waals surface area (Å²) in [5.41, 5.74) is 6.51. The first-order valence-corrected chi connectivity index (χ1v) is 7.64. The number of ether oxygens (including phenoxy) is 1. The first-order chi connectivity index (χ1) is 8.23. The van der Waals surface area contributed by atoms with Gasteiger partial charge in [0.1, 0.15) is 0 Å². The Morgan fingerprint density at radius 2 is 1.65 bits per heavy atom. The van der Waals surface area contributed by atoms with Gasteiger partial charge in [0.15, 0.2) is 0 Å². The molecule has 0 radical (unpaired) electrons. The van der Waals surface area contributed by atoms with Gasteiger partial charge in [0.05, 0.1) is 12.2 Å². The van der Waals surface area contributed by atoms with Crippen LogP contribution in [0.5, 0.6) is 0 Å². The first kappa shape index (κ1) is 13.4. The molecule has 0 aliphatic heterocycles. The molecule has 2 nitrogen and oxygen atoms in total. The molecule has 2 N–H and O–H groups in total. The van der Waals surface area contributed by atoms with Crippen LogP contribution in [-0.2, 0) is 4.74 Å². The maximum absolute atomic E-state index is 6.40. The normalized spacial score (nSPS) is 34.1. The number of rotatable bonds is 4. The molecule has 0 aromatic heterocycles. The van der Waals surface area contributed by atoms with Crippen LogP contribution in [0.3, 0.4) is 0 Å². The molecule has 2 heteroatoms. The molecule has 0 heterocycles. The Hall–Kier alpha value is -0.0800. The van der Waals surface area contributed by atoms with Gasteiger partial charge in [0, 0.05) is 11.5 Å². The molecule has 2 saturated carbocycles. The fraction of sp³-hybridized carbons (Fsp3) is 1.00. The second-order valence-electron chi connectivity index (χ2n) is 6.02. The predicted molar refractivity (Wildman–Crippen MR) is 72.0 cm³/mol. The minimum Gasteiger partial charge on any atom is -0.374 e. The molecule has 0 amide bonds. The average Bonchev–Trinajstić information content (AvgIpc) is 2.59. The summed E-state index contributed by atoms with van der Waals surface area (Å²) in [6, 6.07) is 0.369. The van der Waals surface area contributed by atoms with Crippen LogP contribution in [0.1, 0.15) is 71.6 Å². The van der Waals surface area contributed by atoms with Crippen LogP contribution >= 0.6 is 0 Å². The van der Waals surface area contributed by atoms with Crippen molar-refractivity contribution in [1.82, 2.24) is 0 Å². The van der Waals surface area contributed by atoms with Crippen molar-refractivity contribution >= 4 is 0 Å². The Labute approximate surface area is 106 Å². The van der Waals surface area contributed by atoms with Crippen LogP contribution in [0.15, 0.2) is 0 Å². The number of nitrogens with two attached hydrogens (primary N) is 1. The van der Waals surface area contributed by atoms with Crippen LogP contribution in [-0.4, -0.2) is 18.2 Å². The van der Waals surface area contributed by atoms with Crippen LogP contribution in [0.25, 0.3) is 0 Å². The number of hydrogen-bond acceptors (Lipinski definition) is 2. The van der Waals surface area contributed by atoms with Gasteiger partial charge in [-0.25, -0.2) is 0 Å². The second kappa shape index (κ2) is 5.71. The van der Waals surface area contributed by atoms with Gasteiger partial charge in [-0.15, -0.1) is 0 Å². The van der Waals surface area contributed by atoms with Gasteiger partial charge in [-0.05, 0) is 32.1 Å². The van der Waals surface area contributed by atoms with E-state index in [-0.39, 0.29) is 5.41 Å².